The predicted octanol–water partition coefficient (Wildman–Crippen LogP) is 3.30. The molecule has 0 saturated heterocycles. The van der Waals surface area contributed by atoms with E-state index in [1.807, 2.05) is 30.6 Å². The first-order chi connectivity index (χ1) is 8.81. The zero-order valence-corrected chi connectivity index (χ0v) is 11.1. The topological polar surface area (TPSA) is 37.8 Å². The van der Waals surface area contributed by atoms with Crippen LogP contribution in [0.3, 0.4) is 0 Å². The van der Waals surface area contributed by atoms with Crippen LogP contribution >= 0.6 is 11.6 Å². The summed E-state index contributed by atoms with van der Waals surface area (Å²) in [4.78, 5) is 8.11. The lowest BCUT2D eigenvalue weighted by Gasteiger charge is -2.10. The number of halogens is 1. The van der Waals surface area contributed by atoms with Gasteiger partial charge in [0, 0.05) is 29.5 Å². The summed E-state index contributed by atoms with van der Waals surface area (Å²) >= 11 is 6.07. The summed E-state index contributed by atoms with van der Waals surface area (Å²) in [6.07, 6.45) is 6.27. The molecule has 1 N–H and O–H groups in total. The van der Waals surface area contributed by atoms with Crippen molar-refractivity contribution < 1.29 is 0 Å². The molecule has 18 heavy (non-hydrogen) atoms. The van der Waals surface area contributed by atoms with Crippen LogP contribution in [-0.4, -0.2) is 16.5 Å². The molecule has 0 aliphatic rings. The number of hydrogen-bond donors (Lipinski definition) is 1. The van der Waals surface area contributed by atoms with Gasteiger partial charge in [0.1, 0.15) is 6.33 Å². The Hall–Kier alpha value is -1.45. The number of benzene rings is 1. The number of nitrogens with one attached hydrogen (secondary N) is 1. The molecule has 4 heteroatoms. The second-order valence-electron chi connectivity index (χ2n) is 4.11. The Kier molecular flexibility index (Phi) is 4.67. The van der Waals surface area contributed by atoms with Crippen LogP contribution in [0.1, 0.15) is 18.9 Å². The average Bonchev–Trinajstić information content (AvgIpc) is 2.41. The third-order valence-corrected chi connectivity index (χ3v) is 2.92. The van der Waals surface area contributed by atoms with E-state index >= 15 is 0 Å². The van der Waals surface area contributed by atoms with Crippen molar-refractivity contribution in [3.8, 4) is 11.1 Å². The second kappa shape index (κ2) is 6.47. The van der Waals surface area contributed by atoms with E-state index in [1.54, 1.807) is 0 Å². The van der Waals surface area contributed by atoms with Crippen LogP contribution in [0.15, 0.2) is 36.9 Å². The van der Waals surface area contributed by atoms with Crippen molar-refractivity contribution in [1.29, 1.82) is 0 Å². The maximum absolute atomic E-state index is 6.07. The van der Waals surface area contributed by atoms with E-state index in [-0.39, 0.29) is 0 Å². The molecule has 2 aromatic rings. The van der Waals surface area contributed by atoms with E-state index in [9.17, 15) is 0 Å². The molecule has 0 saturated carbocycles. The fourth-order valence-corrected chi connectivity index (χ4v) is 1.98. The van der Waals surface area contributed by atoms with E-state index in [1.165, 1.54) is 11.9 Å². The van der Waals surface area contributed by atoms with Crippen LogP contribution in [0.25, 0.3) is 11.1 Å². The Morgan fingerprint density at radius 2 is 2.00 bits per heavy atom. The van der Waals surface area contributed by atoms with Crippen molar-refractivity contribution in [2.24, 2.45) is 0 Å². The molecule has 3 nitrogen and oxygen atoms in total. The molecular weight excluding hydrogens is 246 g/mol. The molecule has 1 aromatic carbocycles. The molecular formula is C14H16ClN3. The normalized spacial score (nSPS) is 10.6. The first-order valence-electron chi connectivity index (χ1n) is 6.05. The summed E-state index contributed by atoms with van der Waals surface area (Å²) < 4.78 is 0. The molecule has 0 unspecified atom stereocenters. The summed E-state index contributed by atoms with van der Waals surface area (Å²) in [6.45, 7) is 3.99. The Balaban J connectivity index is 2.29. The lowest BCUT2D eigenvalue weighted by atomic mass is 10.0. The van der Waals surface area contributed by atoms with Crippen molar-refractivity contribution in [1.82, 2.24) is 15.3 Å². The van der Waals surface area contributed by atoms with Crippen LogP contribution in [0.2, 0.25) is 5.02 Å². The van der Waals surface area contributed by atoms with Gasteiger partial charge in [-0.15, -0.1) is 0 Å². The van der Waals surface area contributed by atoms with Crippen molar-refractivity contribution in [3.05, 3.63) is 47.5 Å². The van der Waals surface area contributed by atoms with Crippen LogP contribution in [0, 0.1) is 0 Å². The van der Waals surface area contributed by atoms with Crippen LogP contribution in [-0.2, 0) is 6.54 Å². The summed E-state index contributed by atoms with van der Waals surface area (Å²) in [5.74, 6) is 0. The molecule has 1 aromatic heterocycles. The van der Waals surface area contributed by atoms with Gasteiger partial charge in [-0.05, 0) is 36.2 Å². The Morgan fingerprint density at radius 1 is 1.22 bits per heavy atom. The average molecular weight is 262 g/mol. The van der Waals surface area contributed by atoms with Gasteiger partial charge in [-0.25, -0.2) is 9.97 Å². The van der Waals surface area contributed by atoms with Crippen molar-refractivity contribution in [3.63, 3.8) is 0 Å². The molecule has 2 rings (SSSR count). The van der Waals surface area contributed by atoms with E-state index < -0.39 is 0 Å². The van der Waals surface area contributed by atoms with Crippen molar-refractivity contribution >= 4 is 11.6 Å². The predicted molar refractivity (Wildman–Crippen MR) is 74.5 cm³/mol. The Labute approximate surface area is 112 Å². The first kappa shape index (κ1) is 13.0. The van der Waals surface area contributed by atoms with Crippen molar-refractivity contribution in [2.45, 2.75) is 19.9 Å². The quantitative estimate of drug-likeness (QED) is 0.840. The Bertz CT molecular complexity index is 500. The van der Waals surface area contributed by atoms with E-state index in [4.69, 9.17) is 11.6 Å². The summed E-state index contributed by atoms with van der Waals surface area (Å²) in [6, 6.07) is 5.92. The number of rotatable bonds is 5. The highest BCUT2D eigenvalue weighted by atomic mass is 35.5. The summed E-state index contributed by atoms with van der Waals surface area (Å²) in [5, 5.41) is 4.13. The van der Waals surface area contributed by atoms with Gasteiger partial charge >= 0.3 is 0 Å². The van der Waals surface area contributed by atoms with Gasteiger partial charge in [0.15, 0.2) is 0 Å². The highest BCUT2D eigenvalue weighted by Crippen LogP contribution is 2.25. The molecule has 0 amide bonds. The molecule has 0 fully saturated rings. The highest BCUT2D eigenvalue weighted by molar-refractivity contribution is 6.30. The minimum Gasteiger partial charge on any atom is -0.313 e. The number of nitrogens with zero attached hydrogens (tertiary/aromatic N) is 2. The van der Waals surface area contributed by atoms with Crippen LogP contribution < -0.4 is 5.32 Å². The van der Waals surface area contributed by atoms with Gasteiger partial charge in [0.05, 0.1) is 0 Å². The minimum atomic E-state index is 0.730. The zero-order chi connectivity index (χ0) is 12.8. The molecule has 0 spiro atoms. The SMILES string of the molecule is CCCNCc1ccc(Cl)cc1-c1cncnc1. The molecule has 1 heterocycles. The third kappa shape index (κ3) is 3.28. The lowest BCUT2D eigenvalue weighted by molar-refractivity contribution is 0.676. The standard InChI is InChI=1S/C14H16ClN3/c1-2-5-16-7-11-3-4-13(15)6-14(11)12-8-17-10-18-9-12/h3-4,6,8-10,16H,2,5,7H2,1H3. The Morgan fingerprint density at radius 3 is 2.72 bits per heavy atom. The zero-order valence-electron chi connectivity index (χ0n) is 10.4. The monoisotopic (exact) mass is 261 g/mol. The lowest BCUT2D eigenvalue weighted by Crippen LogP contribution is -2.14. The number of aromatic nitrogens is 2. The van der Waals surface area contributed by atoms with E-state index in [0.717, 1.165) is 35.7 Å². The number of hydrogen-bond acceptors (Lipinski definition) is 3. The van der Waals surface area contributed by atoms with Gasteiger partial charge in [0.2, 0.25) is 0 Å². The van der Waals surface area contributed by atoms with Gasteiger partial charge in [-0.1, -0.05) is 24.6 Å². The van der Waals surface area contributed by atoms with Crippen molar-refractivity contribution in [2.75, 3.05) is 6.54 Å². The second-order valence-corrected chi connectivity index (χ2v) is 4.54. The maximum Gasteiger partial charge on any atom is 0.115 e. The van der Waals surface area contributed by atoms with E-state index in [0.29, 0.717) is 0 Å². The third-order valence-electron chi connectivity index (χ3n) is 2.69. The first-order valence-corrected chi connectivity index (χ1v) is 6.43. The molecule has 0 aliphatic carbocycles. The smallest absolute Gasteiger partial charge is 0.115 e. The molecule has 0 bridgehead atoms. The van der Waals surface area contributed by atoms with Gasteiger partial charge in [-0.3, -0.25) is 0 Å². The maximum atomic E-state index is 6.07. The van der Waals surface area contributed by atoms with E-state index in [2.05, 4.69) is 22.2 Å². The minimum absolute atomic E-state index is 0.730. The van der Waals surface area contributed by atoms with Gasteiger partial charge in [0.25, 0.3) is 0 Å². The molecule has 0 aliphatic heterocycles. The molecule has 0 radical (unpaired) electrons. The molecule has 94 valence electrons. The summed E-state index contributed by atoms with van der Waals surface area (Å²) in [7, 11) is 0. The summed E-state index contributed by atoms with van der Waals surface area (Å²) in [5.41, 5.74) is 3.29. The van der Waals surface area contributed by atoms with Crippen LogP contribution in [0.4, 0.5) is 0 Å². The fourth-order valence-electron chi connectivity index (χ4n) is 1.81. The van der Waals surface area contributed by atoms with Gasteiger partial charge < -0.3 is 5.32 Å². The molecule has 0 atom stereocenters. The fraction of sp³-hybridized carbons (Fsp3) is 0.286. The van der Waals surface area contributed by atoms with Crippen LogP contribution in [0.5, 0.6) is 0 Å². The largest absolute Gasteiger partial charge is 0.313 e. The highest BCUT2D eigenvalue weighted by Gasteiger charge is 2.06. The van der Waals surface area contributed by atoms with Gasteiger partial charge in [-0.2, -0.15) is 0 Å².